The molecular formula is C16H26N2O. The first-order valence-electron chi connectivity index (χ1n) is 8.32. The lowest BCUT2D eigenvalue weighted by Crippen LogP contribution is -2.69. The van der Waals surface area contributed by atoms with Crippen molar-refractivity contribution < 1.29 is 4.79 Å². The Kier molecular flexibility index (Phi) is 2.87. The molecule has 4 aliphatic heterocycles. The molecule has 106 valence electrons. The van der Waals surface area contributed by atoms with Gasteiger partial charge in [0.2, 0.25) is 5.91 Å². The Hall–Kier alpha value is -0.570. The van der Waals surface area contributed by atoms with E-state index in [0.717, 1.165) is 30.8 Å². The van der Waals surface area contributed by atoms with Crippen LogP contribution in [0.25, 0.3) is 0 Å². The molecule has 4 heterocycles. The van der Waals surface area contributed by atoms with Gasteiger partial charge in [0, 0.05) is 24.5 Å². The first-order chi connectivity index (χ1) is 9.24. The predicted octanol–water partition coefficient (Wildman–Crippen LogP) is 2.75. The summed E-state index contributed by atoms with van der Waals surface area (Å²) in [5.74, 6) is 1.33. The van der Waals surface area contributed by atoms with E-state index in [4.69, 9.17) is 0 Å². The van der Waals surface area contributed by atoms with E-state index in [2.05, 4.69) is 16.7 Å². The van der Waals surface area contributed by atoms with Crippen LogP contribution in [0.5, 0.6) is 0 Å². The molecule has 0 aromatic carbocycles. The third-order valence-corrected chi connectivity index (χ3v) is 6.01. The Morgan fingerprint density at radius 2 is 1.74 bits per heavy atom. The number of carbonyl (C=O) groups excluding carboxylic acids is 1. The Morgan fingerprint density at radius 3 is 2.63 bits per heavy atom. The average molecular weight is 262 g/mol. The van der Waals surface area contributed by atoms with Crippen LogP contribution in [0.3, 0.4) is 0 Å². The molecule has 4 fully saturated rings. The monoisotopic (exact) mass is 262 g/mol. The van der Waals surface area contributed by atoms with Gasteiger partial charge in [-0.2, -0.15) is 0 Å². The number of piperidine rings is 3. The van der Waals surface area contributed by atoms with Crippen LogP contribution in [0.15, 0.2) is 0 Å². The summed E-state index contributed by atoms with van der Waals surface area (Å²) in [7, 11) is 0. The summed E-state index contributed by atoms with van der Waals surface area (Å²) in [5, 5.41) is 0. The number of hydrogen-bond donors (Lipinski definition) is 0. The third-order valence-electron chi connectivity index (χ3n) is 6.01. The summed E-state index contributed by atoms with van der Waals surface area (Å²) in [6.45, 7) is 2.43. The molecule has 2 unspecified atom stereocenters. The van der Waals surface area contributed by atoms with Gasteiger partial charge < -0.3 is 4.90 Å². The summed E-state index contributed by atoms with van der Waals surface area (Å²) in [4.78, 5) is 17.4. The summed E-state index contributed by atoms with van der Waals surface area (Å²) in [6.07, 6.45) is 11.5. The molecular weight excluding hydrogens is 236 g/mol. The third kappa shape index (κ3) is 1.84. The number of rotatable bonds is 0. The maximum Gasteiger partial charge on any atom is 0.224 e. The van der Waals surface area contributed by atoms with Crippen LogP contribution in [-0.4, -0.2) is 40.0 Å². The van der Waals surface area contributed by atoms with Crippen molar-refractivity contribution >= 4 is 5.91 Å². The van der Waals surface area contributed by atoms with Gasteiger partial charge in [-0.3, -0.25) is 9.69 Å². The zero-order chi connectivity index (χ0) is 13.0. The molecule has 4 rings (SSSR count). The maximum atomic E-state index is 12.4. The molecule has 0 radical (unpaired) electrons. The van der Waals surface area contributed by atoms with Crippen molar-refractivity contribution in [2.45, 2.75) is 89.0 Å². The number of fused-ring (bicyclic) bond motifs is 2. The van der Waals surface area contributed by atoms with E-state index in [1.54, 1.807) is 0 Å². The van der Waals surface area contributed by atoms with Gasteiger partial charge in [-0.1, -0.05) is 6.92 Å². The van der Waals surface area contributed by atoms with Gasteiger partial charge in [0.15, 0.2) is 0 Å². The fourth-order valence-electron chi connectivity index (χ4n) is 5.42. The van der Waals surface area contributed by atoms with Crippen LogP contribution in [0.4, 0.5) is 0 Å². The highest BCUT2D eigenvalue weighted by molar-refractivity contribution is 5.77. The highest BCUT2D eigenvalue weighted by Gasteiger charge is 2.50. The van der Waals surface area contributed by atoms with Crippen molar-refractivity contribution in [2.24, 2.45) is 5.92 Å². The van der Waals surface area contributed by atoms with Gasteiger partial charge in [-0.15, -0.1) is 0 Å². The van der Waals surface area contributed by atoms with Crippen molar-refractivity contribution in [2.75, 3.05) is 0 Å². The first kappa shape index (κ1) is 12.2. The van der Waals surface area contributed by atoms with Crippen molar-refractivity contribution in [3.8, 4) is 0 Å². The minimum atomic E-state index is 0.443. The van der Waals surface area contributed by atoms with E-state index in [1.165, 1.54) is 44.9 Å². The first-order valence-corrected chi connectivity index (χ1v) is 8.32. The SMILES string of the molecule is C[C@@H]1CC2CC3CCCC(=O)N3[C@H]3CCC[C@@H](C1)N23. The van der Waals surface area contributed by atoms with E-state index in [1.807, 2.05) is 0 Å². The van der Waals surface area contributed by atoms with Gasteiger partial charge in [-0.05, 0) is 57.3 Å². The van der Waals surface area contributed by atoms with Crippen molar-refractivity contribution in [1.29, 1.82) is 0 Å². The molecule has 0 aromatic rings. The molecule has 4 aliphatic rings. The second-order valence-electron chi connectivity index (χ2n) is 7.33. The van der Waals surface area contributed by atoms with E-state index in [9.17, 15) is 4.79 Å². The molecule has 3 nitrogen and oxygen atoms in total. The molecule has 0 bridgehead atoms. The minimum absolute atomic E-state index is 0.443. The van der Waals surface area contributed by atoms with Crippen molar-refractivity contribution in [3.63, 3.8) is 0 Å². The van der Waals surface area contributed by atoms with Crippen LogP contribution in [-0.2, 0) is 4.79 Å². The van der Waals surface area contributed by atoms with E-state index in [-0.39, 0.29) is 0 Å². The lowest BCUT2D eigenvalue weighted by molar-refractivity contribution is -0.171. The maximum absolute atomic E-state index is 12.4. The van der Waals surface area contributed by atoms with E-state index >= 15 is 0 Å². The Bertz CT molecular complexity index is 383. The van der Waals surface area contributed by atoms with Gasteiger partial charge in [0.1, 0.15) is 0 Å². The van der Waals surface area contributed by atoms with Crippen molar-refractivity contribution in [3.05, 3.63) is 0 Å². The summed E-state index contributed by atoms with van der Waals surface area (Å²) in [5.41, 5.74) is 0. The quantitative estimate of drug-likeness (QED) is 0.670. The van der Waals surface area contributed by atoms with Gasteiger partial charge in [-0.25, -0.2) is 0 Å². The Morgan fingerprint density at radius 1 is 0.947 bits per heavy atom. The predicted molar refractivity (Wildman–Crippen MR) is 74.6 cm³/mol. The molecule has 3 heteroatoms. The topological polar surface area (TPSA) is 23.6 Å². The average Bonchev–Trinajstić information content (AvgIpc) is 2.38. The van der Waals surface area contributed by atoms with Gasteiger partial charge >= 0.3 is 0 Å². The largest absolute Gasteiger partial charge is 0.324 e. The van der Waals surface area contributed by atoms with Crippen LogP contribution >= 0.6 is 0 Å². The highest BCUT2D eigenvalue weighted by Crippen LogP contribution is 2.44. The van der Waals surface area contributed by atoms with E-state index < -0.39 is 0 Å². The second-order valence-corrected chi connectivity index (χ2v) is 7.33. The zero-order valence-electron chi connectivity index (χ0n) is 12.1. The van der Waals surface area contributed by atoms with Crippen molar-refractivity contribution in [1.82, 2.24) is 9.80 Å². The summed E-state index contributed by atoms with van der Waals surface area (Å²) >= 11 is 0. The second kappa shape index (κ2) is 4.47. The summed E-state index contributed by atoms with van der Waals surface area (Å²) in [6, 6.07) is 2.10. The molecule has 0 aliphatic carbocycles. The van der Waals surface area contributed by atoms with Crippen LogP contribution in [0.2, 0.25) is 0 Å². The molecule has 19 heavy (non-hydrogen) atoms. The number of hydrogen-bond acceptors (Lipinski definition) is 2. The number of nitrogens with zero attached hydrogens (tertiary/aromatic N) is 2. The van der Waals surface area contributed by atoms with Crippen LogP contribution < -0.4 is 0 Å². The molecule has 5 atom stereocenters. The molecule has 4 saturated heterocycles. The van der Waals surface area contributed by atoms with E-state index in [0.29, 0.717) is 18.1 Å². The highest BCUT2D eigenvalue weighted by atomic mass is 16.2. The van der Waals surface area contributed by atoms with Crippen LogP contribution in [0.1, 0.15) is 64.7 Å². The van der Waals surface area contributed by atoms with Crippen LogP contribution in [0, 0.1) is 5.92 Å². The molecule has 0 aromatic heterocycles. The Labute approximate surface area is 116 Å². The fourth-order valence-corrected chi connectivity index (χ4v) is 5.42. The normalized spacial score (nSPS) is 46.7. The summed E-state index contributed by atoms with van der Waals surface area (Å²) < 4.78 is 0. The van der Waals surface area contributed by atoms with Gasteiger partial charge in [0.25, 0.3) is 0 Å². The molecule has 0 spiro atoms. The van der Waals surface area contributed by atoms with Gasteiger partial charge in [0.05, 0.1) is 6.17 Å². The number of carbonyl (C=O) groups is 1. The molecule has 0 N–H and O–H groups in total. The zero-order valence-corrected chi connectivity index (χ0v) is 12.1. The minimum Gasteiger partial charge on any atom is -0.324 e. The molecule has 1 amide bonds. The lowest BCUT2D eigenvalue weighted by Gasteiger charge is -2.60. The Balaban J connectivity index is 1.66. The standard InChI is InChI=1S/C16H26N2O/c1-11-8-12-4-2-6-15-17(12)14(9-11)10-13-5-3-7-16(19)18(13)15/h11-15H,2-10H2,1H3/t11-,12-,13?,14?,15-/m0/s1. The lowest BCUT2D eigenvalue weighted by atomic mass is 9.76. The smallest absolute Gasteiger partial charge is 0.224 e. The fraction of sp³-hybridized carbons (Fsp3) is 0.938. The molecule has 0 saturated carbocycles. The number of amides is 1.